The number of hydrogen-bond donors (Lipinski definition) is 2. The molecule has 1 aromatic rings. The number of likely N-dealkylation sites (N-methyl/N-ethyl adjacent to an activating group) is 1. The quantitative estimate of drug-likeness (QED) is 0.778. The summed E-state index contributed by atoms with van der Waals surface area (Å²) >= 11 is 0. The van der Waals surface area contributed by atoms with Crippen molar-refractivity contribution in [3.63, 3.8) is 0 Å². The van der Waals surface area contributed by atoms with E-state index in [-0.39, 0.29) is 5.91 Å². The van der Waals surface area contributed by atoms with Crippen molar-refractivity contribution in [2.45, 2.75) is 13.3 Å². The Morgan fingerprint density at radius 2 is 2.05 bits per heavy atom. The van der Waals surface area contributed by atoms with Gasteiger partial charge in [0.25, 0.3) is 0 Å². The summed E-state index contributed by atoms with van der Waals surface area (Å²) in [4.78, 5) is 24.0. The van der Waals surface area contributed by atoms with Crippen molar-refractivity contribution in [3.05, 3.63) is 35.4 Å². The van der Waals surface area contributed by atoms with Crippen LogP contribution < -0.4 is 5.32 Å². The number of aliphatic carboxylic acids is 1. The number of carboxylic acids is 1. The maximum absolute atomic E-state index is 11.7. The molecule has 0 heterocycles. The average Bonchev–Trinajstić information content (AvgIpc) is 2.36. The lowest BCUT2D eigenvalue weighted by atomic mass is 10.1. The summed E-state index contributed by atoms with van der Waals surface area (Å²) in [5, 5.41) is 11.5. The monoisotopic (exact) mass is 276 g/mol. The molecule has 1 aromatic carbocycles. The van der Waals surface area contributed by atoms with Crippen LogP contribution in [0.25, 0.3) is 6.08 Å². The fraction of sp³-hybridized carbons (Fsp3) is 0.333. The van der Waals surface area contributed by atoms with E-state index in [1.165, 1.54) is 6.08 Å². The number of aryl methyl sites for hydroxylation is 1. The molecule has 0 radical (unpaired) electrons. The number of rotatable bonds is 6. The molecule has 0 aliphatic carbocycles. The Morgan fingerprint density at radius 3 is 2.60 bits per heavy atom. The molecule has 0 bridgehead atoms. The molecule has 0 aromatic heterocycles. The van der Waals surface area contributed by atoms with E-state index in [1.54, 1.807) is 17.0 Å². The lowest BCUT2D eigenvalue weighted by Crippen LogP contribution is -2.27. The van der Waals surface area contributed by atoms with Gasteiger partial charge in [-0.05, 0) is 49.9 Å². The van der Waals surface area contributed by atoms with E-state index >= 15 is 0 Å². The predicted molar refractivity (Wildman–Crippen MR) is 79.7 cm³/mol. The predicted octanol–water partition coefficient (Wildman–Crippen LogP) is 1.85. The van der Waals surface area contributed by atoms with Crippen LogP contribution in [0.1, 0.15) is 18.1 Å². The van der Waals surface area contributed by atoms with Crippen molar-refractivity contribution in [1.29, 1.82) is 0 Å². The van der Waals surface area contributed by atoms with Crippen molar-refractivity contribution in [3.8, 4) is 0 Å². The fourth-order valence-corrected chi connectivity index (χ4v) is 1.78. The van der Waals surface area contributed by atoms with E-state index in [9.17, 15) is 9.59 Å². The zero-order valence-electron chi connectivity index (χ0n) is 12.0. The van der Waals surface area contributed by atoms with Crippen molar-refractivity contribution >= 4 is 23.6 Å². The van der Waals surface area contributed by atoms with E-state index < -0.39 is 5.97 Å². The minimum absolute atomic E-state index is 0.0708. The molecular weight excluding hydrogens is 256 g/mol. The van der Waals surface area contributed by atoms with Crippen molar-refractivity contribution in [1.82, 2.24) is 4.90 Å². The van der Waals surface area contributed by atoms with E-state index in [4.69, 9.17) is 5.11 Å². The van der Waals surface area contributed by atoms with Gasteiger partial charge in [0, 0.05) is 11.8 Å². The molecule has 1 amide bonds. The van der Waals surface area contributed by atoms with E-state index in [1.807, 2.05) is 27.1 Å². The first kappa shape index (κ1) is 15.9. The highest BCUT2D eigenvalue weighted by atomic mass is 16.4. The number of carbonyl (C=O) groups excluding carboxylic acids is 1. The minimum atomic E-state index is -0.980. The highest BCUT2D eigenvalue weighted by molar-refractivity contribution is 5.93. The fourth-order valence-electron chi connectivity index (χ4n) is 1.78. The maximum atomic E-state index is 11.7. The third kappa shape index (κ3) is 5.24. The normalized spacial score (nSPS) is 11.0. The van der Waals surface area contributed by atoms with Gasteiger partial charge in [-0.2, -0.15) is 0 Å². The average molecular weight is 276 g/mol. The second kappa shape index (κ2) is 7.45. The molecule has 0 unspecified atom stereocenters. The summed E-state index contributed by atoms with van der Waals surface area (Å²) in [7, 11) is 3.67. The smallest absolute Gasteiger partial charge is 0.328 e. The van der Waals surface area contributed by atoms with Crippen LogP contribution in [0.3, 0.4) is 0 Å². The largest absolute Gasteiger partial charge is 0.478 e. The highest BCUT2D eigenvalue weighted by Gasteiger charge is 2.07. The van der Waals surface area contributed by atoms with Gasteiger partial charge in [-0.3, -0.25) is 4.79 Å². The lowest BCUT2D eigenvalue weighted by molar-refractivity contribution is -0.131. The second-order valence-electron chi connectivity index (χ2n) is 4.73. The summed E-state index contributed by atoms with van der Waals surface area (Å²) < 4.78 is 0. The van der Waals surface area contributed by atoms with Crippen LogP contribution >= 0.6 is 0 Å². The standard InChI is InChI=1S/C15H20N2O3/c1-4-12-9-11(6-8-15(19)20)5-7-13(12)16-14(18)10-17(2)3/h5-9H,4,10H2,1-3H3,(H,16,18)(H,19,20)/b8-6+. The van der Waals surface area contributed by atoms with Gasteiger partial charge in [-0.1, -0.05) is 13.0 Å². The Morgan fingerprint density at radius 1 is 1.35 bits per heavy atom. The first-order valence-corrected chi connectivity index (χ1v) is 6.41. The van der Waals surface area contributed by atoms with Crippen molar-refractivity contribution in [2.75, 3.05) is 26.0 Å². The zero-order chi connectivity index (χ0) is 15.1. The first-order valence-electron chi connectivity index (χ1n) is 6.41. The molecule has 0 saturated heterocycles. The van der Waals surface area contributed by atoms with Gasteiger partial charge in [0.15, 0.2) is 0 Å². The number of carbonyl (C=O) groups is 2. The van der Waals surface area contributed by atoms with Crippen LogP contribution in [0.15, 0.2) is 24.3 Å². The third-order valence-electron chi connectivity index (χ3n) is 2.66. The van der Waals surface area contributed by atoms with Crippen LogP contribution in [-0.4, -0.2) is 42.5 Å². The van der Waals surface area contributed by atoms with Crippen molar-refractivity contribution < 1.29 is 14.7 Å². The number of amides is 1. The summed E-state index contributed by atoms with van der Waals surface area (Å²) in [5.41, 5.74) is 2.55. The molecule has 0 aliphatic rings. The third-order valence-corrected chi connectivity index (χ3v) is 2.66. The van der Waals surface area contributed by atoms with Gasteiger partial charge in [-0.25, -0.2) is 4.79 Å². The highest BCUT2D eigenvalue weighted by Crippen LogP contribution is 2.19. The first-order chi connectivity index (χ1) is 9.42. The molecule has 0 spiro atoms. The topological polar surface area (TPSA) is 69.6 Å². The maximum Gasteiger partial charge on any atom is 0.328 e. The molecule has 0 atom stereocenters. The Labute approximate surface area is 118 Å². The number of anilines is 1. The van der Waals surface area contributed by atoms with E-state index in [2.05, 4.69) is 5.32 Å². The number of nitrogens with one attached hydrogen (secondary N) is 1. The van der Waals surface area contributed by atoms with Crippen LogP contribution in [0, 0.1) is 0 Å². The van der Waals surface area contributed by atoms with Crippen LogP contribution in [-0.2, 0) is 16.0 Å². The van der Waals surface area contributed by atoms with E-state index in [0.717, 1.165) is 29.3 Å². The molecule has 20 heavy (non-hydrogen) atoms. The molecule has 1 rings (SSSR count). The number of nitrogens with zero attached hydrogens (tertiary/aromatic N) is 1. The van der Waals surface area contributed by atoms with Crippen molar-refractivity contribution in [2.24, 2.45) is 0 Å². The summed E-state index contributed by atoms with van der Waals surface area (Å²) in [6, 6.07) is 5.46. The Balaban J connectivity index is 2.88. The molecule has 0 saturated carbocycles. The molecule has 5 heteroatoms. The summed E-state index contributed by atoms with van der Waals surface area (Å²) in [5.74, 6) is -1.05. The van der Waals surface area contributed by atoms with Crippen LogP contribution in [0.5, 0.6) is 0 Å². The van der Waals surface area contributed by atoms with Gasteiger partial charge in [0.1, 0.15) is 0 Å². The Kier molecular flexibility index (Phi) is 5.93. The molecule has 0 aliphatic heterocycles. The van der Waals surface area contributed by atoms with Gasteiger partial charge >= 0.3 is 5.97 Å². The number of benzene rings is 1. The molecule has 0 fully saturated rings. The second-order valence-corrected chi connectivity index (χ2v) is 4.73. The summed E-state index contributed by atoms with van der Waals surface area (Å²) in [6.45, 7) is 2.31. The SMILES string of the molecule is CCc1cc(/C=C/C(=O)O)ccc1NC(=O)CN(C)C. The molecule has 2 N–H and O–H groups in total. The zero-order valence-corrected chi connectivity index (χ0v) is 12.0. The lowest BCUT2D eigenvalue weighted by Gasteiger charge is -2.13. The number of carboxylic acid groups (broad SMARTS) is 1. The van der Waals surface area contributed by atoms with Gasteiger partial charge in [0.05, 0.1) is 6.54 Å². The van der Waals surface area contributed by atoms with Crippen LogP contribution in [0.4, 0.5) is 5.69 Å². The van der Waals surface area contributed by atoms with E-state index in [0.29, 0.717) is 6.54 Å². The Hall–Kier alpha value is -2.14. The summed E-state index contributed by atoms with van der Waals surface area (Å²) in [6.07, 6.45) is 3.39. The molecule has 108 valence electrons. The van der Waals surface area contributed by atoms with Gasteiger partial charge in [0.2, 0.25) is 5.91 Å². The van der Waals surface area contributed by atoms with Gasteiger partial charge in [-0.15, -0.1) is 0 Å². The molecule has 5 nitrogen and oxygen atoms in total. The minimum Gasteiger partial charge on any atom is -0.478 e. The van der Waals surface area contributed by atoms with Gasteiger partial charge < -0.3 is 15.3 Å². The van der Waals surface area contributed by atoms with Crippen LogP contribution in [0.2, 0.25) is 0 Å². The number of hydrogen-bond acceptors (Lipinski definition) is 3. The molecular formula is C15H20N2O3. The Bertz CT molecular complexity index is 522.